The van der Waals surface area contributed by atoms with Gasteiger partial charge in [-0.05, 0) is 79.7 Å². The molecule has 4 saturated carbocycles. The van der Waals surface area contributed by atoms with Crippen LogP contribution in [0.4, 0.5) is 0 Å². The van der Waals surface area contributed by atoms with Crippen LogP contribution in [-0.4, -0.2) is 6.04 Å². The fourth-order valence-corrected chi connectivity index (χ4v) is 7.27. The summed E-state index contributed by atoms with van der Waals surface area (Å²) >= 11 is 7.77. The lowest BCUT2D eigenvalue weighted by Gasteiger charge is -2.63. The molecule has 0 amide bonds. The maximum absolute atomic E-state index is 6.74. The summed E-state index contributed by atoms with van der Waals surface area (Å²) in [6.45, 7) is 2.52. The second-order valence-electron chi connectivity index (χ2n) is 8.15. The van der Waals surface area contributed by atoms with E-state index in [1.807, 2.05) is 6.07 Å². The predicted octanol–water partition coefficient (Wildman–Crippen LogP) is 4.88. The number of hydrogen-bond acceptors (Lipinski definition) is 2. The number of thiophene rings is 1. The van der Waals surface area contributed by atoms with Crippen LogP contribution in [-0.2, 0) is 6.42 Å². The molecule has 2 N–H and O–H groups in total. The number of hydrogen-bond donors (Lipinski definition) is 1. The highest BCUT2D eigenvalue weighted by Crippen LogP contribution is 2.66. The Morgan fingerprint density at radius 1 is 1.30 bits per heavy atom. The second kappa shape index (κ2) is 4.47. The predicted molar refractivity (Wildman–Crippen MR) is 86.2 cm³/mol. The fraction of sp³-hybridized carbons (Fsp3) is 0.765. The van der Waals surface area contributed by atoms with Crippen molar-refractivity contribution in [3.05, 3.63) is 21.3 Å². The minimum absolute atomic E-state index is 0.322. The van der Waals surface area contributed by atoms with E-state index in [2.05, 4.69) is 13.0 Å². The van der Waals surface area contributed by atoms with Crippen LogP contribution in [0.2, 0.25) is 4.34 Å². The van der Waals surface area contributed by atoms with Crippen molar-refractivity contribution in [1.29, 1.82) is 0 Å². The Kier molecular flexibility index (Phi) is 3.04. The summed E-state index contributed by atoms with van der Waals surface area (Å²) in [5.74, 6) is 1.92. The van der Waals surface area contributed by atoms with Crippen molar-refractivity contribution in [3.63, 3.8) is 0 Å². The van der Waals surface area contributed by atoms with Gasteiger partial charge in [0.1, 0.15) is 0 Å². The van der Waals surface area contributed by atoms with Gasteiger partial charge in [-0.3, -0.25) is 0 Å². The van der Waals surface area contributed by atoms with Crippen LogP contribution in [0.5, 0.6) is 0 Å². The van der Waals surface area contributed by atoms with Gasteiger partial charge in [0.2, 0.25) is 0 Å². The highest BCUT2D eigenvalue weighted by atomic mass is 35.5. The van der Waals surface area contributed by atoms with Gasteiger partial charge in [-0.15, -0.1) is 11.3 Å². The van der Waals surface area contributed by atoms with E-state index in [-0.39, 0.29) is 0 Å². The fourth-order valence-electron chi connectivity index (χ4n) is 6.13. The van der Waals surface area contributed by atoms with E-state index in [4.69, 9.17) is 17.3 Å². The SMILES string of the molecule is CC12CC3CC(C1)CC(C(N)Cc1ccc(Cl)s1)(C3)C2. The highest BCUT2D eigenvalue weighted by molar-refractivity contribution is 7.16. The number of nitrogens with two attached hydrogens (primary N) is 1. The van der Waals surface area contributed by atoms with Crippen LogP contribution in [0.25, 0.3) is 0 Å². The van der Waals surface area contributed by atoms with Crippen LogP contribution in [0.1, 0.15) is 50.3 Å². The van der Waals surface area contributed by atoms with Crippen molar-refractivity contribution < 1.29 is 0 Å². The first-order chi connectivity index (χ1) is 9.46. The first-order valence-electron chi connectivity index (χ1n) is 7.96. The second-order valence-corrected chi connectivity index (χ2v) is 9.95. The van der Waals surface area contributed by atoms with Gasteiger partial charge in [0.05, 0.1) is 4.34 Å². The van der Waals surface area contributed by atoms with Gasteiger partial charge in [-0.25, -0.2) is 0 Å². The van der Waals surface area contributed by atoms with E-state index >= 15 is 0 Å². The Balaban J connectivity index is 1.57. The molecule has 0 aliphatic heterocycles. The molecule has 20 heavy (non-hydrogen) atoms. The smallest absolute Gasteiger partial charge is 0.0931 e. The van der Waals surface area contributed by atoms with Crippen LogP contribution in [0, 0.1) is 22.7 Å². The molecule has 4 aliphatic carbocycles. The summed E-state index contributed by atoms with van der Waals surface area (Å²) in [5.41, 5.74) is 7.75. The maximum atomic E-state index is 6.74. The third-order valence-electron chi connectivity index (χ3n) is 6.24. The quantitative estimate of drug-likeness (QED) is 0.846. The van der Waals surface area contributed by atoms with Crippen molar-refractivity contribution in [2.45, 2.75) is 57.9 Å². The standard InChI is InChI=1S/C17H24ClNS/c1-16-6-11-4-12(7-16)9-17(8-11,10-16)14(19)5-13-2-3-15(18)20-13/h2-3,11-12,14H,4-10,19H2,1H3. The van der Waals surface area contributed by atoms with Gasteiger partial charge in [0.25, 0.3) is 0 Å². The summed E-state index contributed by atoms with van der Waals surface area (Å²) in [6.07, 6.45) is 9.57. The minimum atomic E-state index is 0.322. The summed E-state index contributed by atoms with van der Waals surface area (Å²) in [5, 5.41) is 0. The molecule has 1 aromatic rings. The summed E-state index contributed by atoms with van der Waals surface area (Å²) < 4.78 is 0.893. The summed E-state index contributed by atoms with van der Waals surface area (Å²) in [6, 6.07) is 4.49. The molecule has 1 heterocycles. The Labute approximate surface area is 130 Å². The van der Waals surface area contributed by atoms with Crippen molar-refractivity contribution >= 4 is 22.9 Å². The van der Waals surface area contributed by atoms with E-state index in [0.717, 1.165) is 22.6 Å². The lowest BCUT2D eigenvalue weighted by Crippen LogP contribution is -2.58. The van der Waals surface area contributed by atoms with Crippen LogP contribution in [0.3, 0.4) is 0 Å². The maximum Gasteiger partial charge on any atom is 0.0931 e. The van der Waals surface area contributed by atoms with Crippen LogP contribution >= 0.6 is 22.9 Å². The normalized spacial score (nSPS) is 44.0. The monoisotopic (exact) mass is 309 g/mol. The van der Waals surface area contributed by atoms with Gasteiger partial charge in [-0.2, -0.15) is 0 Å². The molecule has 0 saturated heterocycles. The molecule has 3 heteroatoms. The van der Waals surface area contributed by atoms with E-state index in [0.29, 0.717) is 16.9 Å². The van der Waals surface area contributed by atoms with Gasteiger partial charge in [-0.1, -0.05) is 18.5 Å². The molecule has 5 rings (SSSR count). The Bertz CT molecular complexity index is 509. The van der Waals surface area contributed by atoms with E-state index in [1.54, 1.807) is 11.3 Å². The lowest BCUT2D eigenvalue weighted by atomic mass is 9.43. The number of rotatable bonds is 3. The lowest BCUT2D eigenvalue weighted by molar-refractivity contribution is -0.112. The molecular weight excluding hydrogens is 286 g/mol. The van der Waals surface area contributed by atoms with Gasteiger partial charge >= 0.3 is 0 Å². The largest absolute Gasteiger partial charge is 0.327 e. The van der Waals surface area contributed by atoms with E-state index in [9.17, 15) is 0 Å². The van der Waals surface area contributed by atoms with Crippen molar-refractivity contribution in [2.75, 3.05) is 0 Å². The zero-order valence-electron chi connectivity index (χ0n) is 12.2. The molecule has 3 unspecified atom stereocenters. The number of halogens is 1. The average Bonchev–Trinajstić information content (AvgIpc) is 2.71. The van der Waals surface area contributed by atoms with Crippen molar-refractivity contribution in [3.8, 4) is 0 Å². The Morgan fingerprint density at radius 3 is 2.55 bits per heavy atom. The van der Waals surface area contributed by atoms with Crippen molar-refractivity contribution in [1.82, 2.24) is 0 Å². The van der Waals surface area contributed by atoms with Gasteiger partial charge in [0, 0.05) is 10.9 Å². The molecule has 0 aromatic carbocycles. The summed E-state index contributed by atoms with van der Waals surface area (Å²) in [4.78, 5) is 1.36. The average molecular weight is 310 g/mol. The molecule has 4 aliphatic rings. The summed E-state index contributed by atoms with van der Waals surface area (Å²) in [7, 11) is 0. The Hall–Kier alpha value is -0.0500. The molecule has 4 fully saturated rings. The molecule has 0 spiro atoms. The highest BCUT2D eigenvalue weighted by Gasteiger charge is 2.57. The molecule has 0 radical (unpaired) electrons. The first kappa shape index (κ1) is 13.6. The molecular formula is C17H24ClNS. The topological polar surface area (TPSA) is 26.0 Å². The molecule has 1 nitrogen and oxygen atoms in total. The molecule has 1 aromatic heterocycles. The molecule has 110 valence electrons. The molecule has 3 atom stereocenters. The van der Waals surface area contributed by atoms with Gasteiger partial charge < -0.3 is 5.73 Å². The zero-order chi connectivity index (χ0) is 14.0. The third-order valence-corrected chi connectivity index (χ3v) is 7.49. The third kappa shape index (κ3) is 2.15. The zero-order valence-corrected chi connectivity index (χ0v) is 13.8. The Morgan fingerprint density at radius 2 is 2.00 bits per heavy atom. The minimum Gasteiger partial charge on any atom is -0.327 e. The van der Waals surface area contributed by atoms with Crippen LogP contribution < -0.4 is 5.73 Å². The van der Waals surface area contributed by atoms with E-state index in [1.165, 1.54) is 43.4 Å². The van der Waals surface area contributed by atoms with E-state index < -0.39 is 0 Å². The van der Waals surface area contributed by atoms with Gasteiger partial charge in [0.15, 0.2) is 0 Å². The van der Waals surface area contributed by atoms with Crippen LogP contribution in [0.15, 0.2) is 12.1 Å². The van der Waals surface area contributed by atoms with Crippen molar-refractivity contribution in [2.24, 2.45) is 28.4 Å². The first-order valence-corrected chi connectivity index (χ1v) is 9.16. The molecule has 4 bridgehead atoms.